The van der Waals surface area contributed by atoms with Crippen molar-refractivity contribution in [2.75, 3.05) is 20.1 Å². The van der Waals surface area contributed by atoms with Crippen LogP contribution in [0.2, 0.25) is 5.02 Å². The van der Waals surface area contributed by atoms with Gasteiger partial charge in [-0.05, 0) is 69.4 Å². The van der Waals surface area contributed by atoms with Crippen LogP contribution in [0.1, 0.15) is 36.8 Å². The SMILES string of the molecule is CC(N)Cc1ccc(C2CCN(C)CC2)c(Cl)c1. The van der Waals surface area contributed by atoms with Crippen LogP contribution in [0.3, 0.4) is 0 Å². The minimum atomic E-state index is 0.190. The molecule has 2 N–H and O–H groups in total. The van der Waals surface area contributed by atoms with E-state index in [-0.39, 0.29) is 6.04 Å². The van der Waals surface area contributed by atoms with Crippen molar-refractivity contribution in [1.82, 2.24) is 4.90 Å². The molecule has 1 aliphatic rings. The molecule has 1 atom stereocenters. The minimum absolute atomic E-state index is 0.190. The zero-order chi connectivity index (χ0) is 13.1. The van der Waals surface area contributed by atoms with Gasteiger partial charge in [-0.25, -0.2) is 0 Å². The predicted molar refractivity (Wildman–Crippen MR) is 78.3 cm³/mol. The second kappa shape index (κ2) is 6.05. The van der Waals surface area contributed by atoms with Crippen LogP contribution in [0.25, 0.3) is 0 Å². The Balaban J connectivity index is 2.09. The van der Waals surface area contributed by atoms with E-state index in [4.69, 9.17) is 17.3 Å². The van der Waals surface area contributed by atoms with Gasteiger partial charge in [0, 0.05) is 11.1 Å². The van der Waals surface area contributed by atoms with Crippen LogP contribution in [0.15, 0.2) is 18.2 Å². The number of benzene rings is 1. The molecule has 0 bridgehead atoms. The smallest absolute Gasteiger partial charge is 0.0443 e. The summed E-state index contributed by atoms with van der Waals surface area (Å²) in [6.07, 6.45) is 3.32. The number of piperidine rings is 1. The number of nitrogens with zero attached hydrogens (tertiary/aromatic N) is 1. The van der Waals surface area contributed by atoms with E-state index in [0.29, 0.717) is 5.92 Å². The Morgan fingerprint density at radius 2 is 2.06 bits per heavy atom. The van der Waals surface area contributed by atoms with Gasteiger partial charge in [0.15, 0.2) is 0 Å². The van der Waals surface area contributed by atoms with Crippen LogP contribution in [-0.4, -0.2) is 31.1 Å². The Kier molecular flexibility index (Phi) is 4.66. The summed E-state index contributed by atoms with van der Waals surface area (Å²) in [5, 5.41) is 0.919. The van der Waals surface area contributed by atoms with Gasteiger partial charge >= 0.3 is 0 Å². The first kappa shape index (κ1) is 13.9. The van der Waals surface area contributed by atoms with E-state index in [1.807, 2.05) is 6.92 Å². The lowest BCUT2D eigenvalue weighted by Gasteiger charge is -2.29. The van der Waals surface area contributed by atoms with Gasteiger partial charge in [0.2, 0.25) is 0 Å². The predicted octanol–water partition coefficient (Wildman–Crippen LogP) is 3.04. The molecule has 0 aromatic heterocycles. The van der Waals surface area contributed by atoms with Gasteiger partial charge in [-0.1, -0.05) is 23.7 Å². The maximum absolute atomic E-state index is 6.43. The van der Waals surface area contributed by atoms with E-state index >= 15 is 0 Å². The van der Waals surface area contributed by atoms with Crippen LogP contribution in [0.5, 0.6) is 0 Å². The van der Waals surface area contributed by atoms with E-state index < -0.39 is 0 Å². The fourth-order valence-corrected chi connectivity index (χ4v) is 3.08. The molecule has 100 valence electrons. The third-order valence-corrected chi connectivity index (χ3v) is 4.11. The maximum atomic E-state index is 6.43. The molecule has 2 nitrogen and oxygen atoms in total. The Hall–Kier alpha value is -0.570. The summed E-state index contributed by atoms with van der Waals surface area (Å²) in [6.45, 7) is 4.37. The van der Waals surface area contributed by atoms with E-state index in [1.165, 1.54) is 37.1 Å². The van der Waals surface area contributed by atoms with Crippen molar-refractivity contribution in [1.29, 1.82) is 0 Å². The van der Waals surface area contributed by atoms with Crippen molar-refractivity contribution in [3.05, 3.63) is 34.3 Å². The molecule has 1 unspecified atom stereocenters. The summed E-state index contributed by atoms with van der Waals surface area (Å²) in [5.41, 5.74) is 8.38. The van der Waals surface area contributed by atoms with Gasteiger partial charge in [-0.15, -0.1) is 0 Å². The molecule has 0 spiro atoms. The van der Waals surface area contributed by atoms with E-state index in [2.05, 4.69) is 30.1 Å². The Morgan fingerprint density at radius 1 is 1.39 bits per heavy atom. The highest BCUT2D eigenvalue weighted by atomic mass is 35.5. The first-order valence-corrected chi connectivity index (χ1v) is 7.16. The van der Waals surface area contributed by atoms with Crippen molar-refractivity contribution >= 4 is 11.6 Å². The summed E-state index contributed by atoms with van der Waals surface area (Å²) in [6, 6.07) is 6.67. The summed E-state index contributed by atoms with van der Waals surface area (Å²) >= 11 is 6.43. The molecule has 1 aromatic carbocycles. The number of hydrogen-bond donors (Lipinski definition) is 1. The second-order valence-corrected chi connectivity index (χ2v) is 6.02. The third kappa shape index (κ3) is 3.47. The number of halogens is 1. The van der Waals surface area contributed by atoms with Crippen molar-refractivity contribution in [2.45, 2.75) is 38.1 Å². The van der Waals surface area contributed by atoms with Crippen molar-refractivity contribution in [2.24, 2.45) is 5.73 Å². The van der Waals surface area contributed by atoms with Gasteiger partial charge in [0.25, 0.3) is 0 Å². The quantitative estimate of drug-likeness (QED) is 0.911. The molecule has 1 heterocycles. The lowest BCUT2D eigenvalue weighted by molar-refractivity contribution is 0.255. The monoisotopic (exact) mass is 266 g/mol. The molecule has 0 saturated carbocycles. The van der Waals surface area contributed by atoms with E-state index in [1.54, 1.807) is 0 Å². The van der Waals surface area contributed by atoms with Crippen molar-refractivity contribution in [3.63, 3.8) is 0 Å². The van der Waals surface area contributed by atoms with Crippen LogP contribution < -0.4 is 5.73 Å². The van der Waals surface area contributed by atoms with Gasteiger partial charge in [-0.2, -0.15) is 0 Å². The van der Waals surface area contributed by atoms with E-state index in [0.717, 1.165) is 11.4 Å². The topological polar surface area (TPSA) is 29.3 Å². The highest BCUT2D eigenvalue weighted by molar-refractivity contribution is 6.31. The van der Waals surface area contributed by atoms with Crippen LogP contribution in [0.4, 0.5) is 0 Å². The first-order chi connectivity index (χ1) is 8.56. The molecule has 3 heteroatoms. The van der Waals surface area contributed by atoms with Crippen molar-refractivity contribution < 1.29 is 0 Å². The highest BCUT2D eigenvalue weighted by Gasteiger charge is 2.20. The molecular formula is C15H23ClN2. The third-order valence-electron chi connectivity index (χ3n) is 3.78. The molecule has 1 aliphatic heterocycles. The average Bonchev–Trinajstić information content (AvgIpc) is 2.30. The molecule has 1 fully saturated rings. The standard InChI is InChI=1S/C15H23ClN2/c1-11(17)9-12-3-4-14(15(16)10-12)13-5-7-18(2)8-6-13/h3-4,10-11,13H,5-9,17H2,1-2H3. The number of rotatable bonds is 3. The zero-order valence-corrected chi connectivity index (χ0v) is 12.1. The lowest BCUT2D eigenvalue weighted by Crippen LogP contribution is -2.29. The fraction of sp³-hybridized carbons (Fsp3) is 0.600. The first-order valence-electron chi connectivity index (χ1n) is 6.78. The Labute approximate surface area is 115 Å². The summed E-state index contributed by atoms with van der Waals surface area (Å²) in [5.74, 6) is 0.623. The number of likely N-dealkylation sites (tertiary alicyclic amines) is 1. The van der Waals surface area contributed by atoms with E-state index in [9.17, 15) is 0 Å². The lowest BCUT2D eigenvalue weighted by atomic mass is 9.88. The summed E-state index contributed by atoms with van der Waals surface area (Å²) in [4.78, 5) is 2.38. The fourth-order valence-electron chi connectivity index (χ4n) is 2.72. The molecule has 0 amide bonds. The van der Waals surface area contributed by atoms with Crippen molar-refractivity contribution in [3.8, 4) is 0 Å². The van der Waals surface area contributed by atoms with Gasteiger partial charge in [0.05, 0.1) is 0 Å². The molecule has 1 aromatic rings. The molecule has 2 rings (SSSR count). The molecule has 18 heavy (non-hydrogen) atoms. The average molecular weight is 267 g/mol. The zero-order valence-electron chi connectivity index (χ0n) is 11.3. The van der Waals surface area contributed by atoms with Crippen LogP contribution in [0, 0.1) is 0 Å². The number of hydrogen-bond acceptors (Lipinski definition) is 2. The van der Waals surface area contributed by atoms with Gasteiger partial charge < -0.3 is 10.6 Å². The van der Waals surface area contributed by atoms with Crippen LogP contribution >= 0.6 is 11.6 Å². The second-order valence-electron chi connectivity index (χ2n) is 5.61. The minimum Gasteiger partial charge on any atom is -0.328 e. The van der Waals surface area contributed by atoms with Gasteiger partial charge in [0.1, 0.15) is 0 Å². The number of nitrogens with two attached hydrogens (primary N) is 1. The molecule has 0 radical (unpaired) electrons. The maximum Gasteiger partial charge on any atom is 0.0443 e. The highest BCUT2D eigenvalue weighted by Crippen LogP contribution is 2.33. The molecule has 1 saturated heterocycles. The molecular weight excluding hydrogens is 244 g/mol. The Morgan fingerprint density at radius 3 is 2.61 bits per heavy atom. The van der Waals surface area contributed by atoms with Gasteiger partial charge in [-0.3, -0.25) is 0 Å². The van der Waals surface area contributed by atoms with Crippen LogP contribution in [-0.2, 0) is 6.42 Å². The Bertz CT molecular complexity index is 395. The summed E-state index contributed by atoms with van der Waals surface area (Å²) < 4.78 is 0. The normalized spacial score (nSPS) is 20.0. The molecule has 0 aliphatic carbocycles. The summed E-state index contributed by atoms with van der Waals surface area (Å²) in [7, 11) is 2.18. The largest absolute Gasteiger partial charge is 0.328 e.